The molecule has 0 fully saturated rings. The third-order valence-electron chi connectivity index (χ3n) is 3.04. The average molecular weight is 278 g/mol. The highest BCUT2D eigenvalue weighted by Gasteiger charge is 1.93. The SMILES string of the molecule is CC(=O)OCCC=C(C)CCC=C(C)CCC=C(C)C. The van der Waals surface area contributed by atoms with E-state index >= 15 is 0 Å². The van der Waals surface area contributed by atoms with E-state index in [1.54, 1.807) is 0 Å². The van der Waals surface area contributed by atoms with Crippen LogP contribution in [0.1, 0.15) is 66.7 Å². The van der Waals surface area contributed by atoms with Crippen LogP contribution in [-0.2, 0) is 9.53 Å². The van der Waals surface area contributed by atoms with Gasteiger partial charge in [0, 0.05) is 6.92 Å². The molecule has 20 heavy (non-hydrogen) atoms. The normalized spacial score (nSPS) is 12.2. The van der Waals surface area contributed by atoms with Gasteiger partial charge in [0.2, 0.25) is 0 Å². The lowest BCUT2D eigenvalue weighted by Gasteiger charge is -2.02. The molecule has 114 valence electrons. The van der Waals surface area contributed by atoms with Crippen molar-refractivity contribution in [3.05, 3.63) is 34.9 Å². The Labute approximate surface area is 124 Å². The summed E-state index contributed by atoms with van der Waals surface area (Å²) in [6.45, 7) is 10.6. The van der Waals surface area contributed by atoms with Crippen LogP contribution < -0.4 is 0 Å². The van der Waals surface area contributed by atoms with Gasteiger partial charge in [-0.05, 0) is 59.8 Å². The first kappa shape index (κ1) is 18.7. The Kier molecular flexibility index (Phi) is 10.8. The van der Waals surface area contributed by atoms with Gasteiger partial charge >= 0.3 is 5.97 Å². The first-order valence-corrected chi connectivity index (χ1v) is 7.49. The first-order chi connectivity index (χ1) is 9.41. The number of hydrogen-bond acceptors (Lipinski definition) is 2. The standard InChI is InChI=1S/C18H30O2/c1-15(2)9-6-10-16(3)11-7-12-17(4)13-8-14-20-18(5)19/h9,11,13H,6-8,10,12,14H2,1-5H3. The van der Waals surface area contributed by atoms with Crippen LogP contribution >= 0.6 is 0 Å². The smallest absolute Gasteiger partial charge is 0.302 e. The minimum atomic E-state index is -0.203. The number of rotatable bonds is 9. The Morgan fingerprint density at radius 2 is 1.30 bits per heavy atom. The fourth-order valence-corrected chi connectivity index (χ4v) is 1.85. The molecule has 0 heterocycles. The van der Waals surface area contributed by atoms with Gasteiger partial charge in [0.1, 0.15) is 0 Å². The Hall–Kier alpha value is -1.31. The van der Waals surface area contributed by atoms with Crippen LogP contribution in [0.5, 0.6) is 0 Å². The second kappa shape index (κ2) is 11.5. The van der Waals surface area contributed by atoms with Crippen LogP contribution in [0.3, 0.4) is 0 Å². The van der Waals surface area contributed by atoms with E-state index < -0.39 is 0 Å². The molecular formula is C18H30O2. The molecule has 0 aromatic rings. The molecule has 2 heteroatoms. The van der Waals surface area contributed by atoms with Crippen molar-refractivity contribution in [3.8, 4) is 0 Å². The van der Waals surface area contributed by atoms with Crippen LogP contribution in [0.4, 0.5) is 0 Å². The van der Waals surface area contributed by atoms with Gasteiger partial charge in [-0.1, -0.05) is 34.9 Å². The van der Waals surface area contributed by atoms with Gasteiger partial charge in [0.25, 0.3) is 0 Å². The van der Waals surface area contributed by atoms with Gasteiger partial charge in [-0.2, -0.15) is 0 Å². The molecule has 0 saturated carbocycles. The van der Waals surface area contributed by atoms with Crippen LogP contribution in [-0.4, -0.2) is 12.6 Å². The Bertz CT molecular complexity index is 369. The van der Waals surface area contributed by atoms with E-state index in [1.165, 1.54) is 23.6 Å². The van der Waals surface area contributed by atoms with Crippen LogP contribution in [0.2, 0.25) is 0 Å². The van der Waals surface area contributed by atoms with E-state index in [0.29, 0.717) is 6.61 Å². The van der Waals surface area contributed by atoms with E-state index in [9.17, 15) is 4.79 Å². The number of carbonyl (C=O) groups excluding carboxylic acids is 1. The predicted octanol–water partition coefficient (Wildman–Crippen LogP) is 5.36. The maximum Gasteiger partial charge on any atom is 0.302 e. The lowest BCUT2D eigenvalue weighted by molar-refractivity contribution is -0.140. The highest BCUT2D eigenvalue weighted by Crippen LogP contribution is 2.11. The molecule has 0 unspecified atom stereocenters. The topological polar surface area (TPSA) is 26.3 Å². The molecule has 0 rings (SSSR count). The summed E-state index contributed by atoms with van der Waals surface area (Å²) in [5, 5.41) is 0. The summed E-state index contributed by atoms with van der Waals surface area (Å²) in [4.78, 5) is 10.6. The second-order valence-corrected chi connectivity index (χ2v) is 5.59. The van der Waals surface area contributed by atoms with Crippen molar-refractivity contribution in [3.63, 3.8) is 0 Å². The molecule has 2 nitrogen and oxygen atoms in total. The summed E-state index contributed by atoms with van der Waals surface area (Å²) in [6, 6.07) is 0. The molecule has 0 aromatic heterocycles. The molecule has 0 radical (unpaired) electrons. The Morgan fingerprint density at radius 1 is 0.800 bits per heavy atom. The predicted molar refractivity (Wildman–Crippen MR) is 86.7 cm³/mol. The highest BCUT2D eigenvalue weighted by atomic mass is 16.5. The van der Waals surface area contributed by atoms with Crippen molar-refractivity contribution < 1.29 is 9.53 Å². The molecule has 0 aliphatic heterocycles. The summed E-state index contributed by atoms with van der Waals surface area (Å²) in [6.07, 6.45) is 12.1. The third-order valence-corrected chi connectivity index (χ3v) is 3.04. The van der Waals surface area contributed by atoms with E-state index in [2.05, 4.69) is 45.9 Å². The molecule has 0 amide bonds. The van der Waals surface area contributed by atoms with Crippen molar-refractivity contribution in [2.24, 2.45) is 0 Å². The summed E-state index contributed by atoms with van der Waals surface area (Å²) in [5.41, 5.74) is 4.23. The largest absolute Gasteiger partial charge is 0.466 e. The minimum Gasteiger partial charge on any atom is -0.466 e. The zero-order valence-corrected chi connectivity index (χ0v) is 13.8. The minimum absolute atomic E-state index is 0.203. The molecular weight excluding hydrogens is 248 g/mol. The number of ether oxygens (including phenoxy) is 1. The molecule has 0 bridgehead atoms. The van der Waals surface area contributed by atoms with Gasteiger partial charge < -0.3 is 4.74 Å². The van der Waals surface area contributed by atoms with Gasteiger partial charge in [-0.3, -0.25) is 4.79 Å². The summed E-state index contributed by atoms with van der Waals surface area (Å²) < 4.78 is 4.90. The molecule has 0 aromatic carbocycles. The lowest BCUT2D eigenvalue weighted by Crippen LogP contribution is -1.99. The van der Waals surface area contributed by atoms with E-state index in [1.807, 2.05) is 0 Å². The lowest BCUT2D eigenvalue weighted by atomic mass is 10.1. The highest BCUT2D eigenvalue weighted by molar-refractivity contribution is 5.65. The van der Waals surface area contributed by atoms with Gasteiger partial charge in [0.05, 0.1) is 6.61 Å². The van der Waals surface area contributed by atoms with Gasteiger partial charge in [0.15, 0.2) is 0 Å². The fraction of sp³-hybridized carbons (Fsp3) is 0.611. The second-order valence-electron chi connectivity index (χ2n) is 5.59. The monoisotopic (exact) mass is 278 g/mol. The van der Waals surface area contributed by atoms with Crippen molar-refractivity contribution in [2.75, 3.05) is 6.61 Å². The van der Waals surface area contributed by atoms with Crippen LogP contribution in [0.25, 0.3) is 0 Å². The van der Waals surface area contributed by atoms with Crippen molar-refractivity contribution in [1.29, 1.82) is 0 Å². The van der Waals surface area contributed by atoms with Crippen LogP contribution in [0.15, 0.2) is 34.9 Å². The summed E-state index contributed by atoms with van der Waals surface area (Å²) in [5.74, 6) is -0.203. The van der Waals surface area contributed by atoms with Gasteiger partial charge in [-0.25, -0.2) is 0 Å². The number of allylic oxidation sites excluding steroid dienone is 5. The fourth-order valence-electron chi connectivity index (χ4n) is 1.85. The molecule has 0 aliphatic carbocycles. The number of hydrogen-bond donors (Lipinski definition) is 0. The van der Waals surface area contributed by atoms with Gasteiger partial charge in [-0.15, -0.1) is 0 Å². The van der Waals surface area contributed by atoms with Crippen molar-refractivity contribution in [1.82, 2.24) is 0 Å². The van der Waals surface area contributed by atoms with E-state index in [0.717, 1.165) is 32.1 Å². The maximum absolute atomic E-state index is 10.6. The van der Waals surface area contributed by atoms with Crippen molar-refractivity contribution >= 4 is 5.97 Å². The zero-order valence-electron chi connectivity index (χ0n) is 13.8. The number of esters is 1. The Balaban J connectivity index is 3.82. The summed E-state index contributed by atoms with van der Waals surface area (Å²) in [7, 11) is 0. The van der Waals surface area contributed by atoms with E-state index in [-0.39, 0.29) is 5.97 Å². The average Bonchev–Trinajstić information content (AvgIpc) is 2.34. The molecule has 0 aliphatic rings. The zero-order chi connectivity index (χ0) is 15.4. The first-order valence-electron chi connectivity index (χ1n) is 7.49. The molecule has 0 saturated heterocycles. The number of carbonyl (C=O) groups is 1. The van der Waals surface area contributed by atoms with Crippen LogP contribution in [0, 0.1) is 0 Å². The van der Waals surface area contributed by atoms with E-state index in [4.69, 9.17) is 4.74 Å². The maximum atomic E-state index is 10.6. The molecule has 0 spiro atoms. The molecule has 0 N–H and O–H groups in total. The third kappa shape index (κ3) is 13.1. The molecule has 0 atom stereocenters. The Morgan fingerprint density at radius 3 is 1.80 bits per heavy atom. The van der Waals surface area contributed by atoms with Crippen molar-refractivity contribution in [2.45, 2.75) is 66.7 Å². The quantitative estimate of drug-likeness (QED) is 0.322. The summed E-state index contributed by atoms with van der Waals surface area (Å²) >= 11 is 0.